The van der Waals surface area contributed by atoms with Gasteiger partial charge in [-0.3, -0.25) is 4.79 Å². The molecule has 3 heteroatoms. The summed E-state index contributed by atoms with van der Waals surface area (Å²) in [5.74, 6) is 5.96. The van der Waals surface area contributed by atoms with Crippen LogP contribution in [0.4, 0.5) is 0 Å². The Kier molecular flexibility index (Phi) is 3.62. The monoisotopic (exact) mass is 254 g/mol. The Morgan fingerprint density at radius 1 is 1.32 bits per heavy atom. The van der Waals surface area contributed by atoms with Crippen LogP contribution >= 0.6 is 0 Å². The fourth-order valence-electron chi connectivity index (χ4n) is 1.79. The normalized spacial score (nSPS) is 10.9. The fourth-order valence-corrected chi connectivity index (χ4v) is 1.79. The number of para-hydroxylation sites is 1. The van der Waals surface area contributed by atoms with Crippen LogP contribution in [0.3, 0.4) is 0 Å². The molecule has 0 aliphatic carbocycles. The van der Waals surface area contributed by atoms with E-state index in [-0.39, 0.29) is 11.3 Å². The number of aromatic nitrogens is 1. The van der Waals surface area contributed by atoms with E-state index >= 15 is 0 Å². The summed E-state index contributed by atoms with van der Waals surface area (Å²) in [6, 6.07) is 7.74. The van der Waals surface area contributed by atoms with E-state index in [0.717, 1.165) is 10.9 Å². The van der Waals surface area contributed by atoms with E-state index in [1.807, 2.05) is 45.0 Å². The van der Waals surface area contributed by atoms with Gasteiger partial charge in [0.05, 0.1) is 12.1 Å². The highest BCUT2D eigenvalue weighted by atomic mass is 16.1. The molecule has 1 aromatic heterocycles. The molecule has 0 radical (unpaired) electrons. The molecule has 19 heavy (non-hydrogen) atoms. The van der Waals surface area contributed by atoms with Crippen LogP contribution < -0.4 is 5.32 Å². The van der Waals surface area contributed by atoms with Crippen molar-refractivity contribution in [1.29, 1.82) is 0 Å². The van der Waals surface area contributed by atoms with Crippen molar-refractivity contribution < 1.29 is 4.79 Å². The van der Waals surface area contributed by atoms with Crippen molar-refractivity contribution >= 4 is 16.8 Å². The smallest absolute Gasteiger partial charge is 0.254 e. The molecule has 0 aliphatic rings. The van der Waals surface area contributed by atoms with Gasteiger partial charge < -0.3 is 10.3 Å². The van der Waals surface area contributed by atoms with Gasteiger partial charge in [0.25, 0.3) is 5.91 Å². The number of hydrogen-bond acceptors (Lipinski definition) is 1. The highest BCUT2D eigenvalue weighted by molar-refractivity contribution is 6.06. The van der Waals surface area contributed by atoms with Gasteiger partial charge in [-0.15, -0.1) is 0 Å². The number of fused-ring (bicyclic) bond motifs is 1. The molecule has 0 atom stereocenters. The molecule has 0 fully saturated rings. The molecule has 2 aromatic rings. The summed E-state index contributed by atoms with van der Waals surface area (Å²) in [5, 5.41) is 3.75. The van der Waals surface area contributed by atoms with Crippen molar-refractivity contribution in [1.82, 2.24) is 10.3 Å². The third-order valence-corrected chi connectivity index (χ3v) is 2.63. The molecule has 0 aliphatic heterocycles. The molecule has 0 saturated heterocycles. The number of aromatic amines is 1. The third-order valence-electron chi connectivity index (χ3n) is 2.63. The number of carbonyl (C=O) groups excluding carboxylic acids is 1. The second-order valence-electron chi connectivity index (χ2n) is 5.48. The van der Waals surface area contributed by atoms with E-state index in [0.29, 0.717) is 12.1 Å². The average molecular weight is 254 g/mol. The van der Waals surface area contributed by atoms with Crippen LogP contribution in [0, 0.1) is 17.3 Å². The zero-order valence-electron chi connectivity index (χ0n) is 11.5. The molecule has 98 valence electrons. The molecule has 2 N–H and O–H groups in total. The Labute approximate surface area is 113 Å². The lowest BCUT2D eigenvalue weighted by atomic mass is 9.98. The van der Waals surface area contributed by atoms with Crippen LogP contribution in [0.1, 0.15) is 31.1 Å². The maximum absolute atomic E-state index is 12.0. The lowest BCUT2D eigenvalue weighted by Crippen LogP contribution is -2.23. The Bertz CT molecular complexity index is 650. The minimum atomic E-state index is -0.0966. The minimum Gasteiger partial charge on any atom is -0.360 e. The van der Waals surface area contributed by atoms with Gasteiger partial charge in [-0.25, -0.2) is 0 Å². The van der Waals surface area contributed by atoms with Gasteiger partial charge in [-0.2, -0.15) is 0 Å². The Morgan fingerprint density at radius 2 is 2.05 bits per heavy atom. The van der Waals surface area contributed by atoms with Crippen molar-refractivity contribution in [2.24, 2.45) is 5.41 Å². The molecule has 3 nitrogen and oxygen atoms in total. The highest BCUT2D eigenvalue weighted by Gasteiger charge is 2.10. The Balaban J connectivity index is 2.06. The molecule has 1 aromatic carbocycles. The fraction of sp³-hybridized carbons (Fsp3) is 0.312. The van der Waals surface area contributed by atoms with Crippen LogP contribution in [-0.2, 0) is 0 Å². The van der Waals surface area contributed by atoms with Crippen LogP contribution in [-0.4, -0.2) is 17.4 Å². The SMILES string of the molecule is CC(C)(C)C#CCNC(=O)c1c[nH]c2ccccc12. The van der Waals surface area contributed by atoms with Gasteiger partial charge in [-0.1, -0.05) is 30.0 Å². The number of hydrogen-bond donors (Lipinski definition) is 2. The van der Waals surface area contributed by atoms with Crippen molar-refractivity contribution in [3.05, 3.63) is 36.0 Å². The van der Waals surface area contributed by atoms with Crippen molar-refractivity contribution in [3.63, 3.8) is 0 Å². The first kappa shape index (κ1) is 13.2. The van der Waals surface area contributed by atoms with E-state index in [1.54, 1.807) is 6.20 Å². The zero-order valence-corrected chi connectivity index (χ0v) is 11.5. The number of amides is 1. The molecule has 1 amide bonds. The molecule has 0 bridgehead atoms. The van der Waals surface area contributed by atoms with Crippen molar-refractivity contribution in [3.8, 4) is 11.8 Å². The lowest BCUT2D eigenvalue weighted by Gasteiger charge is -2.07. The Morgan fingerprint density at radius 3 is 2.79 bits per heavy atom. The molecule has 0 spiro atoms. The first-order valence-corrected chi connectivity index (χ1v) is 6.32. The number of rotatable bonds is 2. The Hall–Kier alpha value is -2.21. The van der Waals surface area contributed by atoms with E-state index in [9.17, 15) is 4.79 Å². The van der Waals surface area contributed by atoms with Crippen LogP contribution in [0.15, 0.2) is 30.5 Å². The summed E-state index contributed by atoms with van der Waals surface area (Å²) in [5.41, 5.74) is 1.59. The molecular weight excluding hydrogens is 236 g/mol. The summed E-state index contributed by atoms with van der Waals surface area (Å²) >= 11 is 0. The van der Waals surface area contributed by atoms with Crippen molar-refractivity contribution in [2.45, 2.75) is 20.8 Å². The third kappa shape index (κ3) is 3.38. The molecule has 1 heterocycles. The second-order valence-corrected chi connectivity index (χ2v) is 5.48. The predicted molar refractivity (Wildman–Crippen MR) is 77.9 cm³/mol. The number of carbonyl (C=O) groups is 1. The lowest BCUT2D eigenvalue weighted by molar-refractivity contribution is 0.0960. The molecule has 0 saturated carbocycles. The quantitative estimate of drug-likeness (QED) is 0.795. The summed E-state index contributed by atoms with van der Waals surface area (Å²) < 4.78 is 0. The van der Waals surface area contributed by atoms with Crippen LogP contribution in [0.25, 0.3) is 10.9 Å². The van der Waals surface area contributed by atoms with Crippen LogP contribution in [0.5, 0.6) is 0 Å². The maximum Gasteiger partial charge on any atom is 0.254 e. The average Bonchev–Trinajstić information content (AvgIpc) is 2.77. The number of nitrogens with one attached hydrogen (secondary N) is 2. The van der Waals surface area contributed by atoms with E-state index < -0.39 is 0 Å². The van der Waals surface area contributed by atoms with Crippen molar-refractivity contribution in [2.75, 3.05) is 6.54 Å². The highest BCUT2D eigenvalue weighted by Crippen LogP contribution is 2.17. The predicted octanol–water partition coefficient (Wildman–Crippen LogP) is 2.95. The van der Waals surface area contributed by atoms with Gasteiger partial charge >= 0.3 is 0 Å². The molecule has 0 unspecified atom stereocenters. The summed E-state index contributed by atoms with van der Waals surface area (Å²) in [4.78, 5) is 15.1. The van der Waals surface area contributed by atoms with Gasteiger partial charge in [0.2, 0.25) is 0 Å². The molecular formula is C16H18N2O. The summed E-state index contributed by atoms with van der Waals surface area (Å²) in [6.45, 7) is 6.50. The minimum absolute atomic E-state index is 0.0362. The van der Waals surface area contributed by atoms with E-state index in [2.05, 4.69) is 22.1 Å². The molecule has 2 rings (SSSR count). The standard InChI is InChI=1S/C16H18N2O/c1-16(2,3)9-6-10-17-15(19)13-11-18-14-8-5-4-7-12(13)14/h4-5,7-8,11,18H,10H2,1-3H3,(H,17,19). The van der Waals surface area contributed by atoms with Gasteiger partial charge in [0, 0.05) is 22.5 Å². The maximum atomic E-state index is 12.0. The number of benzene rings is 1. The summed E-state index contributed by atoms with van der Waals surface area (Å²) in [7, 11) is 0. The zero-order chi connectivity index (χ0) is 13.9. The summed E-state index contributed by atoms with van der Waals surface area (Å²) in [6.07, 6.45) is 1.73. The topological polar surface area (TPSA) is 44.9 Å². The first-order valence-electron chi connectivity index (χ1n) is 6.32. The van der Waals surface area contributed by atoms with Gasteiger partial charge in [0.1, 0.15) is 0 Å². The van der Waals surface area contributed by atoms with Gasteiger partial charge in [0.15, 0.2) is 0 Å². The van der Waals surface area contributed by atoms with E-state index in [1.165, 1.54) is 0 Å². The number of H-pyrrole nitrogens is 1. The first-order chi connectivity index (χ1) is 8.97. The van der Waals surface area contributed by atoms with E-state index in [4.69, 9.17) is 0 Å². The largest absolute Gasteiger partial charge is 0.360 e. The van der Waals surface area contributed by atoms with Crippen LogP contribution in [0.2, 0.25) is 0 Å². The van der Waals surface area contributed by atoms with Gasteiger partial charge in [-0.05, 0) is 26.8 Å². The second kappa shape index (κ2) is 5.19.